The van der Waals surface area contributed by atoms with Crippen molar-refractivity contribution in [1.82, 2.24) is 0 Å². The predicted octanol–water partition coefficient (Wildman–Crippen LogP) is 11.9. The molecule has 236 valence electrons. The van der Waals surface area contributed by atoms with Crippen molar-refractivity contribution in [2.24, 2.45) is 5.92 Å². The van der Waals surface area contributed by atoms with Crippen LogP contribution in [0.1, 0.15) is 113 Å². The molecule has 3 aliphatic rings. The maximum absolute atomic E-state index is 2.66. The van der Waals surface area contributed by atoms with Crippen molar-refractivity contribution in [3.63, 3.8) is 0 Å². The van der Waals surface area contributed by atoms with Gasteiger partial charge in [-0.15, -0.1) is 0 Å². The summed E-state index contributed by atoms with van der Waals surface area (Å²) in [6.07, 6.45) is 3.62. The van der Waals surface area contributed by atoms with Crippen molar-refractivity contribution in [1.29, 1.82) is 0 Å². The van der Waals surface area contributed by atoms with Crippen molar-refractivity contribution in [2.45, 2.75) is 106 Å². The number of benzene rings is 4. The lowest BCUT2D eigenvalue weighted by Gasteiger charge is -2.29. The second-order valence-corrected chi connectivity index (χ2v) is 21.6. The lowest BCUT2D eigenvalue weighted by atomic mass is 9.82. The normalized spacial score (nSPS) is 18.1. The lowest BCUT2D eigenvalue weighted by molar-refractivity contribution is 0.590. The van der Waals surface area contributed by atoms with E-state index in [2.05, 4.69) is 155 Å². The van der Waals surface area contributed by atoms with Gasteiger partial charge in [0.15, 0.2) is 0 Å². The van der Waals surface area contributed by atoms with Gasteiger partial charge >= 0.3 is 0 Å². The van der Waals surface area contributed by atoms with Crippen LogP contribution in [0.15, 0.2) is 77.9 Å². The number of rotatable bonds is 4. The molecule has 0 radical (unpaired) electrons. The molecule has 1 aliphatic heterocycles. The molecule has 4 aromatic rings. The highest BCUT2D eigenvalue weighted by Gasteiger charge is 2.49. The third-order valence-electron chi connectivity index (χ3n) is 11.2. The fraction of sp³-hybridized carbons (Fsp3) is 0.378. The third-order valence-corrected chi connectivity index (χ3v) is 14.9. The first-order valence-electron chi connectivity index (χ1n) is 17.5. The standard InChI is InChI=1S/C45H52Si/c1-26(2)34-24-31-25-38(43-40(41(31)42(34)46(43,11)12)30-15-19-33(20-16-30)45(8,9)10)39-28(4)23-36-35(21-27(3)22-37(36)39)29-13-17-32(18-14-29)44(5,6)7/h13-23,25-26,39H,24H2,1-12H3. The molecule has 46 heavy (non-hydrogen) atoms. The molecule has 1 unspecified atom stereocenters. The molecule has 0 saturated heterocycles. The Kier molecular flexibility index (Phi) is 6.97. The van der Waals surface area contributed by atoms with Gasteiger partial charge in [0.2, 0.25) is 0 Å². The molecule has 0 spiro atoms. The minimum atomic E-state index is -1.97. The van der Waals surface area contributed by atoms with Crippen molar-refractivity contribution >= 4 is 24.5 Å². The zero-order valence-corrected chi connectivity index (χ0v) is 31.3. The molecule has 0 aromatic heterocycles. The van der Waals surface area contributed by atoms with Crippen LogP contribution in [0.25, 0.3) is 33.5 Å². The summed E-state index contributed by atoms with van der Waals surface area (Å²) in [5.74, 6) is 0.876. The molecule has 7 rings (SSSR count). The molecule has 0 saturated carbocycles. The summed E-state index contributed by atoms with van der Waals surface area (Å²) in [4.78, 5) is 0. The van der Waals surface area contributed by atoms with E-state index < -0.39 is 8.07 Å². The van der Waals surface area contributed by atoms with E-state index in [0.717, 1.165) is 6.42 Å². The maximum atomic E-state index is 2.66. The van der Waals surface area contributed by atoms with Gasteiger partial charge in [0.25, 0.3) is 0 Å². The van der Waals surface area contributed by atoms with Crippen LogP contribution >= 0.6 is 0 Å². The lowest BCUT2D eigenvalue weighted by Crippen LogP contribution is -2.43. The third kappa shape index (κ3) is 4.68. The molecule has 1 heterocycles. The Labute approximate surface area is 279 Å². The summed E-state index contributed by atoms with van der Waals surface area (Å²) in [5.41, 5.74) is 20.9. The molecule has 0 nitrogen and oxygen atoms in total. The first-order valence-corrected chi connectivity index (χ1v) is 20.5. The van der Waals surface area contributed by atoms with Crippen molar-refractivity contribution in [3.05, 3.63) is 122 Å². The van der Waals surface area contributed by atoms with Crippen LogP contribution in [0.4, 0.5) is 0 Å². The summed E-state index contributed by atoms with van der Waals surface area (Å²) >= 11 is 0. The molecule has 0 fully saturated rings. The summed E-state index contributed by atoms with van der Waals surface area (Å²) in [7, 11) is -1.97. The van der Waals surface area contributed by atoms with Crippen LogP contribution in [-0.4, -0.2) is 8.07 Å². The van der Waals surface area contributed by atoms with Gasteiger partial charge in [0.05, 0.1) is 0 Å². The van der Waals surface area contributed by atoms with Crippen LogP contribution in [0, 0.1) is 12.8 Å². The first kappa shape index (κ1) is 31.2. The van der Waals surface area contributed by atoms with Gasteiger partial charge in [-0.05, 0) is 109 Å². The zero-order chi connectivity index (χ0) is 33.1. The van der Waals surface area contributed by atoms with E-state index in [1.54, 1.807) is 38.2 Å². The molecule has 1 heteroatoms. The molecule has 0 N–H and O–H groups in total. The number of aryl methyl sites for hydroxylation is 1. The molecule has 1 atom stereocenters. The van der Waals surface area contributed by atoms with E-state index in [1.165, 1.54) is 50.1 Å². The molecule has 2 bridgehead atoms. The van der Waals surface area contributed by atoms with Crippen LogP contribution in [0.2, 0.25) is 13.1 Å². The monoisotopic (exact) mass is 620 g/mol. The summed E-state index contributed by atoms with van der Waals surface area (Å²) in [6, 6.07) is 26.5. The Hall–Kier alpha value is -3.42. The highest BCUT2D eigenvalue weighted by Crippen LogP contribution is 2.55. The molecular formula is C45H52Si. The smallest absolute Gasteiger partial charge is 0.0630 e. The quantitative estimate of drug-likeness (QED) is 0.199. The Morgan fingerprint density at radius 3 is 1.80 bits per heavy atom. The molecular weight excluding hydrogens is 569 g/mol. The number of allylic oxidation sites excluding steroid dienone is 2. The SMILES string of the molecule is CC1=Cc2c(-c3ccc(C(C)(C)C)cc3)cc(C)cc2C1c1cc2c3c(-c4ccc(C(C)(C)C)cc4)c1[Si](C)(C)C3=C(C(C)C)C2. The Morgan fingerprint density at radius 2 is 1.26 bits per heavy atom. The van der Waals surface area contributed by atoms with Crippen LogP contribution in [0.5, 0.6) is 0 Å². The highest BCUT2D eigenvalue weighted by atomic mass is 28.3. The Bertz CT molecular complexity index is 1960. The minimum absolute atomic E-state index is 0.146. The zero-order valence-electron chi connectivity index (χ0n) is 30.3. The van der Waals surface area contributed by atoms with Crippen molar-refractivity contribution in [2.75, 3.05) is 0 Å². The maximum Gasteiger partial charge on any atom is 0.114 e. The number of hydrogen-bond donors (Lipinski definition) is 0. The fourth-order valence-electron chi connectivity index (χ4n) is 8.88. The van der Waals surface area contributed by atoms with E-state index in [0.29, 0.717) is 11.8 Å². The van der Waals surface area contributed by atoms with Gasteiger partial charge < -0.3 is 0 Å². The van der Waals surface area contributed by atoms with Crippen LogP contribution < -0.4 is 5.19 Å². The largest absolute Gasteiger partial charge is 0.114 e. The fourth-order valence-corrected chi connectivity index (χ4v) is 13.1. The van der Waals surface area contributed by atoms with E-state index in [1.807, 2.05) is 0 Å². The predicted molar refractivity (Wildman–Crippen MR) is 204 cm³/mol. The Morgan fingerprint density at radius 1 is 0.696 bits per heavy atom. The molecule has 2 aliphatic carbocycles. The van der Waals surface area contributed by atoms with Gasteiger partial charge in [0, 0.05) is 5.92 Å². The summed E-state index contributed by atoms with van der Waals surface area (Å²) in [6.45, 7) is 28.6. The number of hydrogen-bond acceptors (Lipinski definition) is 0. The molecule has 4 aromatic carbocycles. The van der Waals surface area contributed by atoms with Crippen molar-refractivity contribution in [3.8, 4) is 22.3 Å². The van der Waals surface area contributed by atoms with Gasteiger partial charge in [0.1, 0.15) is 8.07 Å². The first-order chi connectivity index (χ1) is 21.5. The summed E-state index contributed by atoms with van der Waals surface area (Å²) < 4.78 is 0. The second-order valence-electron chi connectivity index (χ2n) is 17.4. The van der Waals surface area contributed by atoms with Gasteiger partial charge in [-0.25, -0.2) is 0 Å². The number of fused-ring (bicyclic) bond motifs is 2. The van der Waals surface area contributed by atoms with Gasteiger partial charge in [-0.2, -0.15) is 0 Å². The minimum Gasteiger partial charge on any atom is -0.0630 e. The Balaban J connectivity index is 1.44. The highest BCUT2D eigenvalue weighted by molar-refractivity contribution is 7.07. The van der Waals surface area contributed by atoms with E-state index >= 15 is 0 Å². The van der Waals surface area contributed by atoms with Crippen LogP contribution in [-0.2, 0) is 17.3 Å². The van der Waals surface area contributed by atoms with Gasteiger partial charge in [-0.1, -0.05) is 158 Å². The molecule has 0 amide bonds. The van der Waals surface area contributed by atoms with E-state index in [-0.39, 0.29) is 10.8 Å². The second kappa shape index (κ2) is 10.3. The van der Waals surface area contributed by atoms with Gasteiger partial charge in [-0.3, -0.25) is 0 Å². The van der Waals surface area contributed by atoms with Crippen LogP contribution in [0.3, 0.4) is 0 Å². The average molecular weight is 621 g/mol. The van der Waals surface area contributed by atoms with E-state index in [9.17, 15) is 0 Å². The average Bonchev–Trinajstić information content (AvgIpc) is 3.58. The topological polar surface area (TPSA) is 0 Å². The van der Waals surface area contributed by atoms with E-state index in [4.69, 9.17) is 0 Å². The van der Waals surface area contributed by atoms with Crippen molar-refractivity contribution < 1.29 is 0 Å². The summed E-state index contributed by atoms with van der Waals surface area (Å²) in [5, 5.41) is 3.43.